The summed E-state index contributed by atoms with van der Waals surface area (Å²) in [6.07, 6.45) is 0.826. The Morgan fingerprint density at radius 2 is 1.85 bits per heavy atom. The van der Waals surface area contributed by atoms with Crippen LogP contribution in [0.1, 0.15) is 6.92 Å². The predicted octanol–water partition coefficient (Wildman–Crippen LogP) is 2.49. The smallest absolute Gasteiger partial charge is 0.308 e. The highest BCUT2D eigenvalue weighted by Crippen LogP contribution is 2.25. The van der Waals surface area contributed by atoms with Gasteiger partial charge in [-0.1, -0.05) is 36.4 Å². The van der Waals surface area contributed by atoms with Gasteiger partial charge in [0.1, 0.15) is 18.5 Å². The summed E-state index contributed by atoms with van der Waals surface area (Å²) in [5.74, 6) is 0.366. The molecule has 134 valence electrons. The van der Waals surface area contributed by atoms with Crippen molar-refractivity contribution >= 4 is 16.7 Å². The highest BCUT2D eigenvalue weighted by molar-refractivity contribution is 5.88. The highest BCUT2D eigenvalue weighted by Gasteiger charge is 2.10. The summed E-state index contributed by atoms with van der Waals surface area (Å²) in [4.78, 5) is 11.1. The number of fused-ring (bicyclic) bond motifs is 1. The van der Waals surface area contributed by atoms with Crippen LogP contribution in [-0.2, 0) is 11.3 Å². The van der Waals surface area contributed by atoms with Gasteiger partial charge >= 0.3 is 5.97 Å². The number of hydrogen-bond donors (Lipinski definition) is 2. The Morgan fingerprint density at radius 3 is 2.65 bits per heavy atom. The minimum atomic E-state index is -0.823. The van der Waals surface area contributed by atoms with Gasteiger partial charge in [-0.2, -0.15) is 0 Å². The molecule has 0 aliphatic rings. The topological polar surface area (TPSA) is 84.5 Å². The first-order chi connectivity index (χ1) is 12.5. The van der Waals surface area contributed by atoms with Gasteiger partial charge in [0.25, 0.3) is 0 Å². The quantitative estimate of drug-likeness (QED) is 0.668. The van der Waals surface area contributed by atoms with E-state index >= 15 is 0 Å². The molecule has 1 heterocycles. The van der Waals surface area contributed by atoms with E-state index in [1.165, 1.54) is 11.5 Å². The Bertz CT molecular complexity index is 975. The number of esters is 1. The maximum Gasteiger partial charge on any atom is 0.308 e. The molecule has 0 amide bonds. The van der Waals surface area contributed by atoms with Gasteiger partial charge in [0.05, 0.1) is 6.54 Å². The predicted molar refractivity (Wildman–Crippen MR) is 97.0 cm³/mol. The molecule has 0 aliphatic heterocycles. The monoisotopic (exact) mass is 352 g/mol. The molecule has 0 saturated carbocycles. The van der Waals surface area contributed by atoms with Crippen molar-refractivity contribution < 1.29 is 19.4 Å². The van der Waals surface area contributed by atoms with Crippen LogP contribution in [0.25, 0.3) is 10.8 Å². The second-order valence-corrected chi connectivity index (χ2v) is 5.91. The van der Waals surface area contributed by atoms with Crippen LogP contribution in [0.15, 0.2) is 60.8 Å². The van der Waals surface area contributed by atoms with Gasteiger partial charge in [-0.25, -0.2) is 0 Å². The van der Waals surface area contributed by atoms with Gasteiger partial charge in [-0.3, -0.25) is 10.2 Å². The van der Waals surface area contributed by atoms with Crippen LogP contribution in [0.5, 0.6) is 11.5 Å². The molecule has 6 heteroatoms. The number of pyridine rings is 1. The third-order valence-electron chi connectivity index (χ3n) is 3.88. The fourth-order valence-corrected chi connectivity index (χ4v) is 2.71. The van der Waals surface area contributed by atoms with Gasteiger partial charge in [-0.15, -0.1) is 0 Å². The molecule has 3 aromatic rings. The molecule has 26 heavy (non-hydrogen) atoms. The van der Waals surface area contributed by atoms with Crippen molar-refractivity contribution in [2.75, 3.05) is 6.61 Å². The molecule has 0 radical (unpaired) electrons. The lowest BCUT2D eigenvalue weighted by atomic mass is 10.1. The lowest BCUT2D eigenvalue weighted by molar-refractivity contribution is -0.132. The number of hydrogen-bond acceptors (Lipinski definition) is 5. The van der Waals surface area contributed by atoms with Crippen molar-refractivity contribution in [3.05, 3.63) is 66.3 Å². The molecule has 0 aliphatic carbocycles. The Balaban J connectivity index is 1.69. The molecular formula is C20H20N2O4. The van der Waals surface area contributed by atoms with E-state index in [-0.39, 0.29) is 24.4 Å². The van der Waals surface area contributed by atoms with Crippen molar-refractivity contribution in [3.63, 3.8) is 0 Å². The van der Waals surface area contributed by atoms with Gasteiger partial charge in [-0.05, 0) is 23.6 Å². The number of benzene rings is 2. The average Bonchev–Trinajstić information content (AvgIpc) is 2.63. The van der Waals surface area contributed by atoms with Crippen molar-refractivity contribution in [1.82, 2.24) is 4.57 Å². The number of aliphatic hydroxyl groups excluding tert-OH is 1. The highest BCUT2D eigenvalue weighted by atomic mass is 16.5. The summed E-state index contributed by atoms with van der Waals surface area (Å²) < 4.78 is 12.3. The van der Waals surface area contributed by atoms with E-state index in [4.69, 9.17) is 14.9 Å². The van der Waals surface area contributed by atoms with Crippen LogP contribution in [0.3, 0.4) is 0 Å². The number of carbonyl (C=O) groups is 1. The molecule has 6 nitrogen and oxygen atoms in total. The van der Waals surface area contributed by atoms with E-state index in [2.05, 4.69) is 0 Å². The Kier molecular flexibility index (Phi) is 5.34. The number of nitrogens with zero attached hydrogens (tertiary/aromatic N) is 1. The average molecular weight is 352 g/mol. The molecule has 0 bridgehead atoms. The van der Waals surface area contributed by atoms with Crippen molar-refractivity contribution in [2.45, 2.75) is 19.6 Å². The van der Waals surface area contributed by atoms with E-state index in [0.29, 0.717) is 5.75 Å². The third kappa shape index (κ3) is 4.10. The molecule has 0 saturated heterocycles. The van der Waals surface area contributed by atoms with Crippen molar-refractivity contribution in [1.29, 1.82) is 5.41 Å². The van der Waals surface area contributed by atoms with E-state index in [1.54, 1.807) is 18.3 Å². The maximum atomic E-state index is 11.1. The van der Waals surface area contributed by atoms with Crippen LogP contribution in [0.4, 0.5) is 0 Å². The molecule has 3 rings (SSSR count). The summed E-state index contributed by atoms with van der Waals surface area (Å²) in [5.41, 5.74) is 0.0203. The lowest BCUT2D eigenvalue weighted by Gasteiger charge is -2.16. The SMILES string of the molecule is CC(=O)Oc1cccn(CC(O)COc2cccc3ccccc23)c1=N. The van der Waals surface area contributed by atoms with E-state index in [1.807, 2.05) is 42.5 Å². The molecule has 0 spiro atoms. The zero-order chi connectivity index (χ0) is 18.5. The third-order valence-corrected chi connectivity index (χ3v) is 3.88. The van der Waals surface area contributed by atoms with Gasteiger partial charge in [0, 0.05) is 18.5 Å². The van der Waals surface area contributed by atoms with Gasteiger partial charge in [0.2, 0.25) is 0 Å². The summed E-state index contributed by atoms with van der Waals surface area (Å²) in [6.45, 7) is 1.51. The maximum absolute atomic E-state index is 11.1. The molecular weight excluding hydrogens is 332 g/mol. The molecule has 2 aromatic carbocycles. The standard InChI is InChI=1S/C20H20N2O4/c1-14(23)26-19-10-5-11-22(20(19)21)12-16(24)13-25-18-9-4-7-15-6-2-3-8-17(15)18/h2-11,16,21,24H,12-13H2,1H3. The second kappa shape index (κ2) is 7.84. The van der Waals surface area contributed by atoms with Gasteiger partial charge < -0.3 is 19.1 Å². The van der Waals surface area contributed by atoms with Crippen molar-refractivity contribution in [3.8, 4) is 11.5 Å². The first kappa shape index (κ1) is 17.7. The minimum Gasteiger partial charge on any atom is -0.490 e. The van der Waals surface area contributed by atoms with E-state index in [0.717, 1.165) is 10.8 Å². The normalized spacial score (nSPS) is 11.9. The van der Waals surface area contributed by atoms with Crippen molar-refractivity contribution in [2.24, 2.45) is 0 Å². The molecule has 0 fully saturated rings. The Hall–Kier alpha value is -3.12. The Morgan fingerprint density at radius 1 is 1.12 bits per heavy atom. The number of rotatable bonds is 6. The number of aromatic nitrogens is 1. The fraction of sp³-hybridized carbons (Fsp3) is 0.200. The molecule has 1 unspecified atom stereocenters. The Labute approximate surface area is 150 Å². The number of ether oxygens (including phenoxy) is 2. The zero-order valence-corrected chi connectivity index (χ0v) is 14.4. The summed E-state index contributed by atoms with van der Waals surface area (Å²) in [6, 6.07) is 16.8. The van der Waals surface area contributed by atoms with E-state index in [9.17, 15) is 9.90 Å². The van der Waals surface area contributed by atoms with Crippen LogP contribution in [0, 0.1) is 5.41 Å². The number of carbonyl (C=O) groups excluding carboxylic acids is 1. The number of aliphatic hydroxyl groups is 1. The first-order valence-corrected chi connectivity index (χ1v) is 8.25. The first-order valence-electron chi connectivity index (χ1n) is 8.25. The van der Waals surface area contributed by atoms with Crippen LogP contribution < -0.4 is 15.0 Å². The lowest BCUT2D eigenvalue weighted by Crippen LogP contribution is -2.30. The second-order valence-electron chi connectivity index (χ2n) is 5.91. The fourth-order valence-electron chi connectivity index (χ4n) is 2.71. The molecule has 1 aromatic heterocycles. The summed E-state index contributed by atoms with van der Waals surface area (Å²) in [7, 11) is 0. The van der Waals surface area contributed by atoms with Crippen LogP contribution in [0.2, 0.25) is 0 Å². The van der Waals surface area contributed by atoms with Crippen LogP contribution >= 0.6 is 0 Å². The molecule has 1 atom stereocenters. The van der Waals surface area contributed by atoms with E-state index < -0.39 is 12.1 Å². The van der Waals surface area contributed by atoms with Gasteiger partial charge in [0.15, 0.2) is 11.2 Å². The number of nitrogens with one attached hydrogen (secondary N) is 1. The summed E-state index contributed by atoms with van der Waals surface area (Å²) in [5, 5.41) is 20.4. The summed E-state index contributed by atoms with van der Waals surface area (Å²) >= 11 is 0. The zero-order valence-electron chi connectivity index (χ0n) is 14.4. The van der Waals surface area contributed by atoms with Crippen LogP contribution in [-0.4, -0.2) is 28.4 Å². The minimum absolute atomic E-state index is 0.0203. The largest absolute Gasteiger partial charge is 0.490 e. The molecule has 2 N–H and O–H groups in total.